The molecule has 3 aliphatic heterocycles. The average molecular weight is 327 g/mol. The fraction of sp³-hybridized carbons (Fsp3) is 0.917. The van der Waals surface area contributed by atoms with Gasteiger partial charge in [0.25, 0.3) is 0 Å². The third kappa shape index (κ3) is 2.44. The molecule has 0 N–H and O–H groups in total. The number of hydrogen-bond acceptors (Lipinski definition) is 4. The van der Waals surface area contributed by atoms with Crippen LogP contribution in [0.25, 0.3) is 0 Å². The minimum Gasteiger partial charge on any atom is -0.373 e. The highest BCUT2D eigenvalue weighted by Gasteiger charge is 2.63. The number of fused-ring (bicyclic) bond motifs is 2. The van der Waals surface area contributed by atoms with Crippen molar-refractivity contribution in [1.29, 1.82) is 0 Å². The molecular formula is C12H16F3NO4S. The average Bonchev–Trinajstić information content (AvgIpc) is 2.82. The number of rotatable bonds is 2. The topological polar surface area (TPSA) is 63.7 Å². The molecule has 5 nitrogen and oxygen atoms in total. The second kappa shape index (κ2) is 4.58. The monoisotopic (exact) mass is 327 g/mol. The van der Waals surface area contributed by atoms with Crippen molar-refractivity contribution in [3.63, 3.8) is 0 Å². The van der Waals surface area contributed by atoms with E-state index in [9.17, 15) is 26.4 Å². The second-order valence-electron chi connectivity index (χ2n) is 6.08. The number of nitrogens with zero attached hydrogens (tertiary/aromatic N) is 1. The Kier molecular flexibility index (Phi) is 3.29. The van der Waals surface area contributed by atoms with Gasteiger partial charge in [-0.2, -0.15) is 13.2 Å². The predicted octanol–water partition coefficient (Wildman–Crippen LogP) is 0.598. The molecule has 3 saturated heterocycles. The lowest BCUT2D eigenvalue weighted by Gasteiger charge is -2.41. The summed E-state index contributed by atoms with van der Waals surface area (Å²) in [5.41, 5.74) is 0. The van der Waals surface area contributed by atoms with Crippen molar-refractivity contribution in [2.24, 2.45) is 11.8 Å². The van der Waals surface area contributed by atoms with Gasteiger partial charge in [-0.3, -0.25) is 4.79 Å². The summed E-state index contributed by atoms with van der Waals surface area (Å²) in [6.07, 6.45) is -4.25. The lowest BCUT2D eigenvalue weighted by molar-refractivity contribution is -0.200. The number of amides is 1. The number of ether oxygens (including phenoxy) is 1. The van der Waals surface area contributed by atoms with Crippen molar-refractivity contribution in [2.45, 2.75) is 36.5 Å². The van der Waals surface area contributed by atoms with Crippen LogP contribution in [0.5, 0.6) is 0 Å². The van der Waals surface area contributed by atoms with Crippen LogP contribution in [0.15, 0.2) is 0 Å². The van der Waals surface area contributed by atoms with E-state index in [0.717, 1.165) is 6.26 Å². The van der Waals surface area contributed by atoms with E-state index in [1.165, 1.54) is 4.90 Å². The van der Waals surface area contributed by atoms with Gasteiger partial charge in [-0.1, -0.05) is 0 Å². The Hall–Kier alpha value is -0.830. The molecule has 0 aromatic carbocycles. The van der Waals surface area contributed by atoms with Crippen molar-refractivity contribution in [3.8, 4) is 0 Å². The van der Waals surface area contributed by atoms with Crippen molar-refractivity contribution < 1.29 is 31.1 Å². The molecule has 1 amide bonds. The first-order chi connectivity index (χ1) is 9.59. The molecular weight excluding hydrogens is 311 g/mol. The van der Waals surface area contributed by atoms with Gasteiger partial charge in [-0.05, 0) is 12.8 Å². The first-order valence-electron chi connectivity index (χ1n) is 6.79. The molecule has 21 heavy (non-hydrogen) atoms. The summed E-state index contributed by atoms with van der Waals surface area (Å²) >= 11 is 0. The summed E-state index contributed by atoms with van der Waals surface area (Å²) in [6.45, 7) is -0.0355. The van der Waals surface area contributed by atoms with Gasteiger partial charge >= 0.3 is 6.18 Å². The molecule has 2 bridgehead atoms. The van der Waals surface area contributed by atoms with Crippen molar-refractivity contribution in [3.05, 3.63) is 0 Å². The molecule has 3 rings (SSSR count). The SMILES string of the molecule is CS(=O)(=O)C1CN(C(=O)C2C3CCC(O3)C2C(F)(F)F)C1. The van der Waals surface area contributed by atoms with Crippen molar-refractivity contribution in [2.75, 3.05) is 19.3 Å². The molecule has 0 radical (unpaired) electrons. The summed E-state index contributed by atoms with van der Waals surface area (Å²) in [6, 6.07) is 0. The first kappa shape index (κ1) is 15.1. The molecule has 120 valence electrons. The predicted molar refractivity (Wildman–Crippen MR) is 66.1 cm³/mol. The zero-order chi connectivity index (χ0) is 15.6. The lowest BCUT2D eigenvalue weighted by Crippen LogP contribution is -2.60. The standard InChI is InChI=1S/C12H16F3NO4S/c1-21(18,19)6-4-16(5-6)11(17)9-7-2-3-8(20-7)10(9)12(13,14)15/h6-10H,2-5H2,1H3. The maximum Gasteiger partial charge on any atom is 0.395 e. The van der Waals surface area contributed by atoms with E-state index in [0.29, 0.717) is 12.8 Å². The molecule has 0 aromatic heterocycles. The van der Waals surface area contributed by atoms with E-state index in [1.807, 2.05) is 0 Å². The Balaban J connectivity index is 1.73. The smallest absolute Gasteiger partial charge is 0.373 e. The Labute approximate surface area is 120 Å². The Morgan fingerprint density at radius 1 is 1.19 bits per heavy atom. The Bertz CT molecular complexity index is 555. The van der Waals surface area contributed by atoms with Crippen LogP contribution >= 0.6 is 0 Å². The van der Waals surface area contributed by atoms with Crippen LogP contribution in [0, 0.1) is 11.8 Å². The number of alkyl halides is 3. The van der Waals surface area contributed by atoms with E-state index in [2.05, 4.69) is 0 Å². The third-order valence-corrected chi connectivity index (χ3v) is 6.21. The second-order valence-corrected chi connectivity index (χ2v) is 8.40. The Morgan fingerprint density at radius 3 is 2.29 bits per heavy atom. The number of carbonyl (C=O) groups is 1. The molecule has 3 aliphatic rings. The molecule has 3 heterocycles. The van der Waals surface area contributed by atoms with Crippen molar-refractivity contribution in [1.82, 2.24) is 4.90 Å². The first-order valence-corrected chi connectivity index (χ1v) is 8.74. The fourth-order valence-electron chi connectivity index (χ4n) is 3.51. The third-order valence-electron chi connectivity index (χ3n) is 4.70. The van der Waals surface area contributed by atoms with Crippen LogP contribution in [0.3, 0.4) is 0 Å². The summed E-state index contributed by atoms with van der Waals surface area (Å²) in [5, 5.41) is -0.662. The lowest BCUT2D eigenvalue weighted by atomic mass is 9.77. The van der Waals surface area contributed by atoms with Crippen LogP contribution in [0.4, 0.5) is 13.2 Å². The highest BCUT2D eigenvalue weighted by molar-refractivity contribution is 7.91. The zero-order valence-corrected chi connectivity index (χ0v) is 12.2. The number of sulfone groups is 1. The molecule has 9 heteroatoms. The van der Waals surface area contributed by atoms with E-state index < -0.39 is 51.2 Å². The van der Waals surface area contributed by atoms with E-state index in [-0.39, 0.29) is 13.1 Å². The quantitative estimate of drug-likeness (QED) is 0.745. The minimum atomic E-state index is -4.47. The molecule has 0 aliphatic carbocycles. The van der Waals surface area contributed by atoms with Gasteiger partial charge in [0.1, 0.15) is 0 Å². The maximum absolute atomic E-state index is 13.1. The van der Waals surface area contributed by atoms with E-state index in [1.54, 1.807) is 0 Å². The van der Waals surface area contributed by atoms with Gasteiger partial charge < -0.3 is 9.64 Å². The van der Waals surface area contributed by atoms with E-state index >= 15 is 0 Å². The molecule has 3 fully saturated rings. The summed E-state index contributed by atoms with van der Waals surface area (Å²) in [7, 11) is -3.26. The van der Waals surface area contributed by atoms with Gasteiger partial charge in [-0.25, -0.2) is 8.42 Å². The van der Waals surface area contributed by atoms with Crippen LogP contribution in [0.1, 0.15) is 12.8 Å². The van der Waals surface area contributed by atoms with Crippen LogP contribution in [0.2, 0.25) is 0 Å². The van der Waals surface area contributed by atoms with Gasteiger partial charge in [0, 0.05) is 19.3 Å². The molecule has 4 atom stereocenters. The normalized spacial score (nSPS) is 36.9. The molecule has 0 saturated carbocycles. The summed E-state index contributed by atoms with van der Waals surface area (Å²) < 4.78 is 67.3. The Morgan fingerprint density at radius 2 is 1.76 bits per heavy atom. The number of carbonyl (C=O) groups excluding carboxylic acids is 1. The van der Waals surface area contributed by atoms with Crippen molar-refractivity contribution >= 4 is 15.7 Å². The zero-order valence-electron chi connectivity index (χ0n) is 11.3. The number of halogens is 3. The number of likely N-dealkylation sites (tertiary alicyclic amines) is 1. The van der Waals surface area contributed by atoms with Crippen LogP contribution < -0.4 is 0 Å². The maximum atomic E-state index is 13.1. The molecule has 4 unspecified atom stereocenters. The minimum absolute atomic E-state index is 0.0177. The molecule has 0 aromatic rings. The largest absolute Gasteiger partial charge is 0.395 e. The van der Waals surface area contributed by atoms with Gasteiger partial charge in [0.2, 0.25) is 5.91 Å². The fourth-order valence-corrected chi connectivity index (χ4v) is 4.41. The summed E-state index contributed by atoms with van der Waals surface area (Å²) in [4.78, 5) is 13.5. The highest BCUT2D eigenvalue weighted by Crippen LogP contribution is 2.51. The molecule has 0 spiro atoms. The summed E-state index contributed by atoms with van der Waals surface area (Å²) in [5.74, 6) is -3.60. The van der Waals surface area contributed by atoms with Gasteiger partial charge in [-0.15, -0.1) is 0 Å². The highest BCUT2D eigenvalue weighted by atomic mass is 32.2. The van der Waals surface area contributed by atoms with E-state index in [4.69, 9.17) is 4.74 Å². The number of hydrogen-bond donors (Lipinski definition) is 0. The van der Waals surface area contributed by atoms with Crippen LogP contribution in [-0.2, 0) is 19.4 Å². The van der Waals surface area contributed by atoms with Gasteiger partial charge in [0.05, 0.1) is 29.3 Å². The van der Waals surface area contributed by atoms with Crippen LogP contribution in [-0.4, -0.2) is 62.2 Å². The van der Waals surface area contributed by atoms with Gasteiger partial charge in [0.15, 0.2) is 9.84 Å².